The Hall–Kier alpha value is -1.59. The number of carboxylic acid groups (broad SMARTS) is 1. The van der Waals surface area contributed by atoms with Crippen LogP contribution in [0.25, 0.3) is 0 Å². The van der Waals surface area contributed by atoms with E-state index in [-0.39, 0.29) is 43.3 Å². The third-order valence-corrected chi connectivity index (χ3v) is 3.61. The van der Waals surface area contributed by atoms with Crippen molar-refractivity contribution in [1.82, 2.24) is 10.2 Å². The van der Waals surface area contributed by atoms with Gasteiger partial charge in [0.05, 0.1) is 0 Å². The van der Waals surface area contributed by atoms with E-state index in [9.17, 15) is 14.4 Å². The van der Waals surface area contributed by atoms with Crippen molar-refractivity contribution in [3.63, 3.8) is 0 Å². The fraction of sp³-hybridized carbons (Fsp3) is 0.786. The zero-order valence-electron chi connectivity index (χ0n) is 12.2. The highest BCUT2D eigenvalue weighted by Gasteiger charge is 2.23. The van der Waals surface area contributed by atoms with Gasteiger partial charge in [-0.2, -0.15) is 0 Å². The van der Waals surface area contributed by atoms with Crippen LogP contribution >= 0.6 is 0 Å². The second-order valence-electron chi connectivity index (χ2n) is 5.53. The van der Waals surface area contributed by atoms with Crippen molar-refractivity contribution >= 4 is 17.8 Å². The van der Waals surface area contributed by atoms with Crippen LogP contribution in [0.2, 0.25) is 0 Å². The van der Waals surface area contributed by atoms with Crippen LogP contribution in [0.15, 0.2) is 0 Å². The Morgan fingerprint density at radius 1 is 1.25 bits per heavy atom. The third-order valence-electron chi connectivity index (χ3n) is 3.61. The summed E-state index contributed by atoms with van der Waals surface area (Å²) >= 11 is 0. The smallest absolute Gasteiger partial charge is 0.323 e. The molecule has 1 fully saturated rings. The monoisotopic (exact) mass is 284 g/mol. The zero-order chi connectivity index (χ0) is 15.1. The van der Waals surface area contributed by atoms with Gasteiger partial charge in [-0.1, -0.05) is 12.8 Å². The zero-order valence-corrected chi connectivity index (χ0v) is 12.2. The van der Waals surface area contributed by atoms with Crippen LogP contribution < -0.4 is 5.32 Å². The lowest BCUT2D eigenvalue weighted by atomic mass is 10.1. The molecule has 6 nitrogen and oxygen atoms in total. The van der Waals surface area contributed by atoms with Gasteiger partial charge in [-0.25, -0.2) is 0 Å². The number of amides is 2. The number of nitrogens with zero attached hydrogens (tertiary/aromatic N) is 1. The Bertz CT molecular complexity index is 362. The molecule has 0 atom stereocenters. The lowest BCUT2D eigenvalue weighted by Gasteiger charge is -2.25. The van der Waals surface area contributed by atoms with E-state index in [4.69, 9.17) is 5.11 Å². The molecule has 114 valence electrons. The Kier molecular flexibility index (Phi) is 6.48. The van der Waals surface area contributed by atoms with E-state index in [0.717, 1.165) is 25.7 Å². The minimum absolute atomic E-state index is 0.0182. The molecule has 0 aromatic heterocycles. The number of carbonyl (C=O) groups excluding carboxylic acids is 2. The summed E-state index contributed by atoms with van der Waals surface area (Å²) in [6.45, 7) is 3.53. The average molecular weight is 284 g/mol. The Balaban J connectivity index is 2.33. The molecule has 0 heterocycles. The minimum atomic E-state index is -1.03. The summed E-state index contributed by atoms with van der Waals surface area (Å²) in [4.78, 5) is 35.7. The van der Waals surface area contributed by atoms with E-state index in [1.807, 2.05) is 0 Å². The average Bonchev–Trinajstić information content (AvgIpc) is 2.88. The first-order chi connectivity index (χ1) is 9.41. The van der Waals surface area contributed by atoms with Crippen LogP contribution in [0.3, 0.4) is 0 Å². The molecule has 0 radical (unpaired) electrons. The van der Waals surface area contributed by atoms with Crippen molar-refractivity contribution in [2.24, 2.45) is 5.92 Å². The maximum absolute atomic E-state index is 11.9. The molecule has 1 rings (SSSR count). The van der Waals surface area contributed by atoms with Gasteiger partial charge in [-0.15, -0.1) is 0 Å². The maximum atomic E-state index is 11.9. The summed E-state index contributed by atoms with van der Waals surface area (Å²) in [5.41, 5.74) is 0. The van der Waals surface area contributed by atoms with E-state index >= 15 is 0 Å². The molecule has 0 aliphatic heterocycles. The second kappa shape index (κ2) is 7.87. The molecule has 1 aliphatic carbocycles. The molecule has 0 unspecified atom stereocenters. The number of carbonyl (C=O) groups is 3. The predicted molar refractivity (Wildman–Crippen MR) is 74.1 cm³/mol. The van der Waals surface area contributed by atoms with Crippen molar-refractivity contribution in [2.75, 3.05) is 13.1 Å². The van der Waals surface area contributed by atoms with Crippen LogP contribution in [0.5, 0.6) is 0 Å². The standard InChI is InChI=1S/C14H24N2O4/c1-10(2)16(9-13(18)19)12(17)7-8-15-14(20)11-5-3-4-6-11/h10-11H,3-9H2,1-2H3,(H,15,20)(H,18,19). The van der Waals surface area contributed by atoms with Gasteiger partial charge in [0.15, 0.2) is 0 Å². The van der Waals surface area contributed by atoms with E-state index in [1.54, 1.807) is 13.8 Å². The third kappa shape index (κ3) is 5.19. The first-order valence-corrected chi connectivity index (χ1v) is 7.20. The highest BCUT2D eigenvalue weighted by atomic mass is 16.4. The number of hydrogen-bond donors (Lipinski definition) is 2. The SMILES string of the molecule is CC(C)N(CC(=O)O)C(=O)CCNC(=O)C1CCCC1. The van der Waals surface area contributed by atoms with Gasteiger partial charge >= 0.3 is 5.97 Å². The molecule has 1 aliphatic rings. The quantitative estimate of drug-likeness (QED) is 0.730. The van der Waals surface area contributed by atoms with E-state index in [0.29, 0.717) is 0 Å². The highest BCUT2D eigenvalue weighted by molar-refractivity contribution is 5.83. The summed E-state index contributed by atoms with van der Waals surface area (Å²) in [5, 5.41) is 11.5. The van der Waals surface area contributed by atoms with Gasteiger partial charge in [-0.05, 0) is 26.7 Å². The molecule has 0 aromatic rings. The normalized spacial score (nSPS) is 15.3. The number of rotatable bonds is 7. The van der Waals surface area contributed by atoms with Gasteiger partial charge in [0.25, 0.3) is 0 Å². The molecule has 20 heavy (non-hydrogen) atoms. The molecule has 2 amide bonds. The molecule has 0 aromatic carbocycles. The fourth-order valence-corrected chi connectivity index (χ4v) is 2.47. The Morgan fingerprint density at radius 2 is 1.85 bits per heavy atom. The van der Waals surface area contributed by atoms with Crippen LogP contribution in [-0.2, 0) is 14.4 Å². The highest BCUT2D eigenvalue weighted by Crippen LogP contribution is 2.24. The second-order valence-corrected chi connectivity index (χ2v) is 5.53. The van der Waals surface area contributed by atoms with Crippen LogP contribution in [0.4, 0.5) is 0 Å². The van der Waals surface area contributed by atoms with Crippen molar-refractivity contribution in [1.29, 1.82) is 0 Å². The maximum Gasteiger partial charge on any atom is 0.323 e. The molecule has 0 spiro atoms. The summed E-state index contributed by atoms with van der Waals surface area (Å²) < 4.78 is 0. The number of aliphatic carboxylic acids is 1. The van der Waals surface area contributed by atoms with Crippen LogP contribution in [-0.4, -0.2) is 46.9 Å². The van der Waals surface area contributed by atoms with E-state index in [2.05, 4.69) is 5.32 Å². The molecular formula is C14H24N2O4. The van der Waals surface area contributed by atoms with Crippen molar-refractivity contribution in [2.45, 2.75) is 52.0 Å². The van der Waals surface area contributed by atoms with Crippen molar-refractivity contribution < 1.29 is 19.5 Å². The first kappa shape index (κ1) is 16.5. The Morgan fingerprint density at radius 3 is 2.35 bits per heavy atom. The van der Waals surface area contributed by atoms with Gasteiger partial charge in [0.1, 0.15) is 6.54 Å². The largest absolute Gasteiger partial charge is 0.480 e. The summed E-state index contributed by atoms with van der Waals surface area (Å²) in [7, 11) is 0. The Labute approximate surface area is 119 Å². The van der Waals surface area contributed by atoms with Crippen LogP contribution in [0, 0.1) is 5.92 Å². The van der Waals surface area contributed by atoms with Crippen molar-refractivity contribution in [3.8, 4) is 0 Å². The predicted octanol–water partition coefficient (Wildman–Crippen LogP) is 1.00. The number of nitrogens with one attached hydrogen (secondary N) is 1. The summed E-state index contributed by atoms with van der Waals surface area (Å²) in [6.07, 6.45) is 4.19. The van der Waals surface area contributed by atoms with Gasteiger partial charge in [-0.3, -0.25) is 14.4 Å². The lowest BCUT2D eigenvalue weighted by Crippen LogP contribution is -2.42. The molecule has 6 heteroatoms. The molecule has 2 N–H and O–H groups in total. The molecular weight excluding hydrogens is 260 g/mol. The first-order valence-electron chi connectivity index (χ1n) is 7.20. The molecule has 0 saturated heterocycles. The van der Waals surface area contributed by atoms with E-state index < -0.39 is 5.97 Å². The van der Waals surface area contributed by atoms with Crippen LogP contribution in [0.1, 0.15) is 46.0 Å². The van der Waals surface area contributed by atoms with Gasteiger partial charge in [0.2, 0.25) is 11.8 Å². The number of hydrogen-bond acceptors (Lipinski definition) is 3. The minimum Gasteiger partial charge on any atom is -0.480 e. The summed E-state index contributed by atoms with van der Waals surface area (Å²) in [5.74, 6) is -1.16. The van der Waals surface area contributed by atoms with Gasteiger partial charge < -0.3 is 15.3 Å². The van der Waals surface area contributed by atoms with E-state index in [1.165, 1.54) is 4.90 Å². The fourth-order valence-electron chi connectivity index (χ4n) is 2.47. The molecule has 0 bridgehead atoms. The lowest BCUT2D eigenvalue weighted by molar-refractivity contribution is -0.145. The van der Waals surface area contributed by atoms with Crippen molar-refractivity contribution in [3.05, 3.63) is 0 Å². The topological polar surface area (TPSA) is 86.7 Å². The molecule has 1 saturated carbocycles. The summed E-state index contributed by atoms with van der Waals surface area (Å²) in [6, 6.07) is -0.163. The van der Waals surface area contributed by atoms with Gasteiger partial charge in [0, 0.05) is 24.9 Å². The number of carboxylic acids is 1.